The predicted octanol–water partition coefficient (Wildman–Crippen LogP) is 2.45. The van der Waals surface area contributed by atoms with Gasteiger partial charge in [0.05, 0.1) is 5.52 Å². The Hall–Kier alpha value is -1.13. The molecule has 0 aliphatic rings. The Morgan fingerprint density at radius 3 is 2.89 bits per heavy atom. The van der Waals surface area contributed by atoms with Crippen LogP contribution in [0.3, 0.4) is 0 Å². The van der Waals surface area contributed by atoms with E-state index in [2.05, 4.69) is 21.2 Å². The first-order valence-electron chi connectivity index (χ1n) is 6.07. The molecule has 0 aliphatic heterocycles. The number of aromatic nitrogens is 1. The lowest BCUT2D eigenvalue weighted by Crippen LogP contribution is -2.22. The van der Waals surface area contributed by atoms with Crippen molar-refractivity contribution in [2.75, 3.05) is 13.6 Å². The van der Waals surface area contributed by atoms with E-state index in [1.807, 2.05) is 38.4 Å². The fourth-order valence-corrected chi connectivity index (χ4v) is 2.85. The summed E-state index contributed by atoms with van der Waals surface area (Å²) in [7, 11) is 3.76. The molecule has 2 rings (SSSR count). The Labute approximate surface area is 115 Å². The van der Waals surface area contributed by atoms with Crippen LogP contribution in [0.1, 0.15) is 12.0 Å². The third-order valence-corrected chi connectivity index (χ3v) is 3.78. The Balaban J connectivity index is 2.51. The number of nitrogens with zero attached hydrogens (tertiary/aromatic N) is 1. The number of hydrogen-bond acceptors (Lipinski definition) is 2. The van der Waals surface area contributed by atoms with Gasteiger partial charge in [-0.15, -0.1) is 0 Å². The number of benzene rings is 1. The highest BCUT2D eigenvalue weighted by molar-refractivity contribution is 9.10. The highest BCUT2D eigenvalue weighted by Crippen LogP contribution is 2.22. The molecule has 0 bridgehead atoms. The maximum Gasteiger partial charge on any atom is 0.254 e. The fraction of sp³-hybridized carbons (Fsp3) is 0.357. The summed E-state index contributed by atoms with van der Waals surface area (Å²) in [5.41, 5.74) is 1.95. The standard InChI is InChI=1S/C14H17BrN2O/c1-16-8-4-6-11-9-10-5-3-7-12(15)13(10)17(2)14(11)18/h3,5,7,9,16H,4,6,8H2,1-2H3. The van der Waals surface area contributed by atoms with Crippen LogP contribution in [0.4, 0.5) is 0 Å². The van der Waals surface area contributed by atoms with Gasteiger partial charge in [-0.2, -0.15) is 0 Å². The van der Waals surface area contributed by atoms with Gasteiger partial charge in [-0.25, -0.2) is 0 Å². The van der Waals surface area contributed by atoms with Gasteiger partial charge in [-0.1, -0.05) is 12.1 Å². The summed E-state index contributed by atoms with van der Waals surface area (Å²) < 4.78 is 2.69. The van der Waals surface area contributed by atoms with Gasteiger partial charge in [0.2, 0.25) is 0 Å². The van der Waals surface area contributed by atoms with E-state index < -0.39 is 0 Å². The maximum absolute atomic E-state index is 12.3. The third kappa shape index (κ3) is 2.49. The van der Waals surface area contributed by atoms with Gasteiger partial charge in [0.25, 0.3) is 5.56 Å². The van der Waals surface area contributed by atoms with Gasteiger partial charge >= 0.3 is 0 Å². The van der Waals surface area contributed by atoms with Gasteiger partial charge < -0.3 is 9.88 Å². The SMILES string of the molecule is CNCCCc1cc2cccc(Br)c2n(C)c1=O. The Bertz CT molecular complexity index is 619. The first-order valence-corrected chi connectivity index (χ1v) is 6.86. The molecule has 1 heterocycles. The number of halogens is 1. The normalized spacial score (nSPS) is 11.1. The summed E-state index contributed by atoms with van der Waals surface area (Å²) in [6.07, 6.45) is 1.79. The van der Waals surface area contributed by atoms with Crippen molar-refractivity contribution in [1.82, 2.24) is 9.88 Å². The molecule has 0 unspecified atom stereocenters. The molecule has 18 heavy (non-hydrogen) atoms. The van der Waals surface area contributed by atoms with Crippen LogP contribution < -0.4 is 10.9 Å². The molecule has 0 spiro atoms. The van der Waals surface area contributed by atoms with Crippen LogP contribution in [-0.2, 0) is 13.5 Å². The summed E-state index contributed by atoms with van der Waals surface area (Å²) in [5, 5.41) is 4.20. The van der Waals surface area contributed by atoms with E-state index in [1.165, 1.54) is 0 Å². The van der Waals surface area contributed by atoms with Crippen molar-refractivity contribution < 1.29 is 0 Å². The molecule has 0 fully saturated rings. The summed E-state index contributed by atoms with van der Waals surface area (Å²) in [6, 6.07) is 8.01. The Morgan fingerprint density at radius 1 is 1.39 bits per heavy atom. The van der Waals surface area contributed by atoms with Crippen LogP contribution in [-0.4, -0.2) is 18.2 Å². The quantitative estimate of drug-likeness (QED) is 0.880. The third-order valence-electron chi connectivity index (χ3n) is 3.14. The van der Waals surface area contributed by atoms with Crippen LogP contribution >= 0.6 is 15.9 Å². The van der Waals surface area contributed by atoms with Crippen LogP contribution in [0.25, 0.3) is 10.9 Å². The largest absolute Gasteiger partial charge is 0.320 e. The lowest BCUT2D eigenvalue weighted by Gasteiger charge is -2.10. The van der Waals surface area contributed by atoms with Gasteiger partial charge in [-0.3, -0.25) is 4.79 Å². The topological polar surface area (TPSA) is 34.0 Å². The fourth-order valence-electron chi connectivity index (χ4n) is 2.20. The minimum absolute atomic E-state index is 0.102. The summed E-state index contributed by atoms with van der Waals surface area (Å²) in [6.45, 7) is 0.930. The van der Waals surface area contributed by atoms with E-state index in [-0.39, 0.29) is 5.56 Å². The minimum atomic E-state index is 0.102. The van der Waals surface area contributed by atoms with Crippen molar-refractivity contribution in [2.45, 2.75) is 12.8 Å². The van der Waals surface area contributed by atoms with E-state index >= 15 is 0 Å². The van der Waals surface area contributed by atoms with E-state index in [9.17, 15) is 4.79 Å². The van der Waals surface area contributed by atoms with Crippen LogP contribution in [0, 0.1) is 0 Å². The van der Waals surface area contributed by atoms with Crippen LogP contribution in [0.5, 0.6) is 0 Å². The molecular weight excluding hydrogens is 292 g/mol. The van der Waals surface area contributed by atoms with Gasteiger partial charge in [0, 0.05) is 17.1 Å². The molecule has 4 heteroatoms. The van der Waals surface area contributed by atoms with Crippen LogP contribution in [0.2, 0.25) is 0 Å². The molecule has 0 amide bonds. The molecule has 1 aromatic carbocycles. The van der Waals surface area contributed by atoms with Crippen molar-refractivity contribution in [3.63, 3.8) is 0 Å². The molecule has 1 aromatic heterocycles. The Morgan fingerprint density at radius 2 is 2.17 bits per heavy atom. The summed E-state index contributed by atoms with van der Waals surface area (Å²) >= 11 is 3.50. The van der Waals surface area contributed by atoms with Crippen molar-refractivity contribution in [3.05, 3.63) is 44.7 Å². The minimum Gasteiger partial charge on any atom is -0.320 e. The monoisotopic (exact) mass is 308 g/mol. The number of aryl methyl sites for hydroxylation is 2. The number of para-hydroxylation sites is 1. The second kappa shape index (κ2) is 5.67. The molecule has 0 saturated heterocycles. The van der Waals surface area contributed by atoms with Crippen LogP contribution in [0.15, 0.2) is 33.5 Å². The zero-order valence-electron chi connectivity index (χ0n) is 10.7. The molecular formula is C14H17BrN2O. The molecule has 0 saturated carbocycles. The number of rotatable bonds is 4. The zero-order chi connectivity index (χ0) is 13.1. The average molecular weight is 309 g/mol. The predicted molar refractivity (Wildman–Crippen MR) is 79.1 cm³/mol. The first-order chi connectivity index (χ1) is 8.65. The van der Waals surface area contributed by atoms with Crippen molar-refractivity contribution in [1.29, 1.82) is 0 Å². The summed E-state index contributed by atoms with van der Waals surface area (Å²) in [4.78, 5) is 12.3. The number of hydrogen-bond donors (Lipinski definition) is 1. The molecule has 0 aliphatic carbocycles. The zero-order valence-corrected chi connectivity index (χ0v) is 12.3. The van der Waals surface area contributed by atoms with E-state index in [1.54, 1.807) is 4.57 Å². The highest BCUT2D eigenvalue weighted by atomic mass is 79.9. The van der Waals surface area contributed by atoms with E-state index in [4.69, 9.17) is 0 Å². The lowest BCUT2D eigenvalue weighted by atomic mass is 10.1. The Kier molecular flexibility index (Phi) is 4.19. The molecule has 2 aromatic rings. The molecule has 3 nitrogen and oxygen atoms in total. The second-order valence-electron chi connectivity index (χ2n) is 4.42. The summed E-state index contributed by atoms with van der Waals surface area (Å²) in [5.74, 6) is 0. The molecule has 0 atom stereocenters. The number of nitrogens with one attached hydrogen (secondary N) is 1. The average Bonchev–Trinajstić information content (AvgIpc) is 2.35. The van der Waals surface area contributed by atoms with E-state index in [0.717, 1.165) is 40.3 Å². The van der Waals surface area contributed by atoms with Gasteiger partial charge in [0.15, 0.2) is 0 Å². The molecule has 0 radical (unpaired) electrons. The van der Waals surface area contributed by atoms with Crippen molar-refractivity contribution >= 4 is 26.8 Å². The highest BCUT2D eigenvalue weighted by Gasteiger charge is 2.08. The molecule has 96 valence electrons. The van der Waals surface area contributed by atoms with Gasteiger partial charge in [0.1, 0.15) is 0 Å². The first kappa shape index (κ1) is 13.3. The smallest absolute Gasteiger partial charge is 0.254 e. The maximum atomic E-state index is 12.3. The molecule has 1 N–H and O–H groups in total. The van der Waals surface area contributed by atoms with Gasteiger partial charge in [-0.05, 0) is 59.9 Å². The van der Waals surface area contributed by atoms with Crippen molar-refractivity contribution in [2.24, 2.45) is 7.05 Å². The lowest BCUT2D eigenvalue weighted by molar-refractivity contribution is 0.716. The second-order valence-corrected chi connectivity index (χ2v) is 5.27. The number of pyridine rings is 1. The van der Waals surface area contributed by atoms with Crippen molar-refractivity contribution in [3.8, 4) is 0 Å². The number of fused-ring (bicyclic) bond motifs is 1. The van der Waals surface area contributed by atoms with E-state index in [0.29, 0.717) is 0 Å².